The van der Waals surface area contributed by atoms with Crippen LogP contribution in [0.1, 0.15) is 33.1 Å². The van der Waals surface area contributed by atoms with Gasteiger partial charge < -0.3 is 0 Å². The summed E-state index contributed by atoms with van der Waals surface area (Å²) in [6.45, 7) is 4.19. The molecule has 2 heterocycles. The van der Waals surface area contributed by atoms with E-state index in [1.165, 1.54) is 12.8 Å². The minimum absolute atomic E-state index is 0.0955. The SMILES string of the molecule is CN1C2CCC1C(C)(C)C(=O)C2. The molecule has 2 fully saturated rings. The van der Waals surface area contributed by atoms with E-state index in [0.29, 0.717) is 17.9 Å². The summed E-state index contributed by atoms with van der Waals surface area (Å²) in [6, 6.07) is 1.05. The zero-order valence-electron chi connectivity index (χ0n) is 8.13. The quantitative estimate of drug-likeness (QED) is 0.544. The molecule has 2 unspecified atom stereocenters. The van der Waals surface area contributed by atoms with Crippen LogP contribution in [0.3, 0.4) is 0 Å². The smallest absolute Gasteiger partial charge is 0.141 e. The van der Waals surface area contributed by atoms with Gasteiger partial charge in [-0.1, -0.05) is 13.8 Å². The number of carbonyl (C=O) groups excluding carboxylic acids is 1. The Morgan fingerprint density at radius 1 is 1.42 bits per heavy atom. The van der Waals surface area contributed by atoms with Gasteiger partial charge in [-0.2, -0.15) is 0 Å². The van der Waals surface area contributed by atoms with Crippen LogP contribution in [0, 0.1) is 5.41 Å². The number of Topliss-reactive ketones (excluding diaryl/α,β-unsaturated/α-hetero) is 1. The van der Waals surface area contributed by atoms with Gasteiger partial charge in [0.15, 0.2) is 0 Å². The molecule has 2 rings (SSSR count). The van der Waals surface area contributed by atoms with E-state index >= 15 is 0 Å². The Kier molecular flexibility index (Phi) is 1.59. The van der Waals surface area contributed by atoms with Gasteiger partial charge in [0.1, 0.15) is 5.78 Å². The van der Waals surface area contributed by atoms with Crippen molar-refractivity contribution in [1.82, 2.24) is 4.90 Å². The van der Waals surface area contributed by atoms with Crippen LogP contribution in [-0.2, 0) is 4.79 Å². The second kappa shape index (κ2) is 2.32. The fourth-order valence-electron chi connectivity index (χ4n) is 2.79. The molecule has 2 bridgehead atoms. The lowest BCUT2D eigenvalue weighted by Gasteiger charge is -2.41. The van der Waals surface area contributed by atoms with E-state index in [0.717, 1.165) is 6.42 Å². The Balaban J connectivity index is 2.32. The Morgan fingerprint density at radius 2 is 2.08 bits per heavy atom. The molecule has 2 saturated heterocycles. The third kappa shape index (κ3) is 0.875. The zero-order chi connectivity index (χ0) is 8.93. The number of hydrogen-bond acceptors (Lipinski definition) is 2. The third-order valence-electron chi connectivity index (χ3n) is 3.81. The average molecular weight is 167 g/mol. The molecule has 2 heteroatoms. The molecule has 0 radical (unpaired) electrons. The number of carbonyl (C=O) groups is 1. The number of ketones is 1. The Morgan fingerprint density at radius 3 is 2.75 bits per heavy atom. The molecule has 0 amide bonds. The highest BCUT2D eigenvalue weighted by Crippen LogP contribution is 2.42. The van der Waals surface area contributed by atoms with Crippen molar-refractivity contribution in [2.24, 2.45) is 5.41 Å². The summed E-state index contributed by atoms with van der Waals surface area (Å²) in [4.78, 5) is 14.1. The molecule has 2 atom stereocenters. The fraction of sp³-hybridized carbons (Fsp3) is 0.900. The first-order valence-electron chi connectivity index (χ1n) is 4.78. The van der Waals surface area contributed by atoms with Crippen molar-refractivity contribution in [3.05, 3.63) is 0 Å². The highest BCUT2D eigenvalue weighted by Gasteiger charge is 2.49. The molecule has 2 aliphatic heterocycles. The van der Waals surface area contributed by atoms with Crippen LogP contribution in [0.4, 0.5) is 0 Å². The van der Waals surface area contributed by atoms with Crippen molar-refractivity contribution in [3.63, 3.8) is 0 Å². The lowest BCUT2D eigenvalue weighted by Crippen LogP contribution is -2.52. The summed E-state index contributed by atoms with van der Waals surface area (Å²) in [7, 11) is 2.16. The van der Waals surface area contributed by atoms with Crippen LogP contribution in [0.15, 0.2) is 0 Å². The van der Waals surface area contributed by atoms with Gasteiger partial charge in [0.25, 0.3) is 0 Å². The summed E-state index contributed by atoms with van der Waals surface area (Å²) in [5.41, 5.74) is -0.0955. The van der Waals surface area contributed by atoms with E-state index in [2.05, 4.69) is 25.8 Å². The molecule has 12 heavy (non-hydrogen) atoms. The number of piperidine rings is 1. The molecule has 0 N–H and O–H groups in total. The first-order chi connectivity index (χ1) is 5.53. The first kappa shape index (κ1) is 8.24. The van der Waals surface area contributed by atoms with Crippen LogP contribution in [-0.4, -0.2) is 29.8 Å². The highest BCUT2D eigenvalue weighted by molar-refractivity contribution is 5.86. The Hall–Kier alpha value is -0.370. The van der Waals surface area contributed by atoms with Crippen LogP contribution in [0.25, 0.3) is 0 Å². The predicted molar refractivity (Wildman–Crippen MR) is 48.0 cm³/mol. The number of hydrogen-bond donors (Lipinski definition) is 0. The number of fused-ring (bicyclic) bond motifs is 2. The fourth-order valence-corrected chi connectivity index (χ4v) is 2.79. The molecule has 0 aromatic heterocycles. The zero-order valence-corrected chi connectivity index (χ0v) is 8.13. The van der Waals surface area contributed by atoms with Crippen LogP contribution < -0.4 is 0 Å². The molecular weight excluding hydrogens is 150 g/mol. The average Bonchev–Trinajstić information content (AvgIpc) is 2.27. The van der Waals surface area contributed by atoms with Crippen molar-refractivity contribution in [3.8, 4) is 0 Å². The highest BCUT2D eigenvalue weighted by atomic mass is 16.1. The van der Waals surface area contributed by atoms with Gasteiger partial charge in [-0.3, -0.25) is 9.69 Å². The maximum atomic E-state index is 11.7. The second-order valence-corrected chi connectivity index (χ2v) is 4.76. The van der Waals surface area contributed by atoms with Crippen molar-refractivity contribution in [2.75, 3.05) is 7.05 Å². The molecule has 68 valence electrons. The van der Waals surface area contributed by atoms with E-state index in [9.17, 15) is 4.79 Å². The normalized spacial score (nSPS) is 40.4. The third-order valence-corrected chi connectivity index (χ3v) is 3.81. The van der Waals surface area contributed by atoms with Gasteiger partial charge in [0, 0.05) is 23.9 Å². The van der Waals surface area contributed by atoms with Crippen molar-refractivity contribution in [2.45, 2.75) is 45.2 Å². The summed E-state index contributed by atoms with van der Waals surface area (Å²) in [5.74, 6) is 0.466. The van der Waals surface area contributed by atoms with E-state index in [1.54, 1.807) is 0 Å². The largest absolute Gasteiger partial charge is 0.299 e. The van der Waals surface area contributed by atoms with E-state index in [4.69, 9.17) is 0 Å². The number of rotatable bonds is 0. The minimum atomic E-state index is -0.0955. The number of nitrogens with zero attached hydrogens (tertiary/aromatic N) is 1. The van der Waals surface area contributed by atoms with Gasteiger partial charge in [-0.15, -0.1) is 0 Å². The molecular formula is C10H17NO. The molecule has 0 spiro atoms. The lowest BCUT2D eigenvalue weighted by molar-refractivity contribution is -0.135. The summed E-state index contributed by atoms with van der Waals surface area (Å²) < 4.78 is 0. The first-order valence-corrected chi connectivity index (χ1v) is 4.78. The van der Waals surface area contributed by atoms with E-state index in [-0.39, 0.29) is 5.41 Å². The summed E-state index contributed by atoms with van der Waals surface area (Å²) in [6.07, 6.45) is 3.20. The van der Waals surface area contributed by atoms with Crippen LogP contribution in [0.5, 0.6) is 0 Å². The monoisotopic (exact) mass is 167 g/mol. The minimum Gasteiger partial charge on any atom is -0.299 e. The standard InChI is InChI=1S/C10H17NO/c1-10(2)8-5-4-7(11(8)3)6-9(10)12/h7-8H,4-6H2,1-3H3. The molecule has 0 aromatic rings. The maximum Gasteiger partial charge on any atom is 0.141 e. The summed E-state index contributed by atoms with van der Waals surface area (Å²) >= 11 is 0. The van der Waals surface area contributed by atoms with Crippen LogP contribution >= 0.6 is 0 Å². The van der Waals surface area contributed by atoms with Crippen LogP contribution in [0.2, 0.25) is 0 Å². The van der Waals surface area contributed by atoms with Gasteiger partial charge in [-0.25, -0.2) is 0 Å². The Labute approximate surface area is 73.9 Å². The Bertz CT molecular complexity index is 222. The second-order valence-electron chi connectivity index (χ2n) is 4.76. The lowest BCUT2D eigenvalue weighted by atomic mass is 9.76. The van der Waals surface area contributed by atoms with Gasteiger partial charge in [0.2, 0.25) is 0 Å². The van der Waals surface area contributed by atoms with Crippen molar-refractivity contribution in [1.29, 1.82) is 0 Å². The molecule has 0 aliphatic carbocycles. The van der Waals surface area contributed by atoms with Gasteiger partial charge in [0.05, 0.1) is 0 Å². The molecule has 2 nitrogen and oxygen atoms in total. The van der Waals surface area contributed by atoms with Crippen molar-refractivity contribution < 1.29 is 4.79 Å². The molecule has 0 saturated carbocycles. The summed E-state index contributed by atoms with van der Waals surface area (Å²) in [5, 5.41) is 0. The van der Waals surface area contributed by atoms with Crippen molar-refractivity contribution >= 4 is 5.78 Å². The topological polar surface area (TPSA) is 20.3 Å². The van der Waals surface area contributed by atoms with Gasteiger partial charge in [-0.05, 0) is 19.9 Å². The predicted octanol–water partition coefficient (Wildman–Crippen LogP) is 1.45. The van der Waals surface area contributed by atoms with Gasteiger partial charge >= 0.3 is 0 Å². The van der Waals surface area contributed by atoms with E-state index in [1.807, 2.05) is 0 Å². The van der Waals surface area contributed by atoms with E-state index < -0.39 is 0 Å². The maximum absolute atomic E-state index is 11.7. The molecule has 0 aromatic carbocycles. The molecule has 2 aliphatic rings.